The highest BCUT2D eigenvalue weighted by molar-refractivity contribution is 7.99. The summed E-state index contributed by atoms with van der Waals surface area (Å²) in [4.78, 5) is 10.6. The van der Waals surface area contributed by atoms with Gasteiger partial charge in [-0.2, -0.15) is 0 Å². The topological polar surface area (TPSA) is 86.5 Å². The Morgan fingerprint density at radius 1 is 1.24 bits per heavy atom. The van der Waals surface area contributed by atoms with Gasteiger partial charge in [-0.3, -0.25) is 4.79 Å². The van der Waals surface area contributed by atoms with E-state index >= 15 is 0 Å². The average Bonchev–Trinajstić information content (AvgIpc) is 2.85. The predicted molar refractivity (Wildman–Crippen MR) is 77.9 cm³/mol. The van der Waals surface area contributed by atoms with Crippen molar-refractivity contribution in [2.24, 2.45) is 7.05 Å². The summed E-state index contributed by atoms with van der Waals surface area (Å²) in [5.74, 6) is 0.944. The van der Waals surface area contributed by atoms with Gasteiger partial charge in [0.1, 0.15) is 11.5 Å². The maximum absolute atomic E-state index is 10.6. The van der Waals surface area contributed by atoms with Crippen molar-refractivity contribution in [3.63, 3.8) is 0 Å². The molecule has 1 aromatic carbocycles. The minimum absolute atomic E-state index is 0.0621. The Hall–Kier alpha value is -2.22. The SMILES string of the molecule is COc1cc(OC)cc(-c2nnc(SCC(=O)O)n2C)c1. The van der Waals surface area contributed by atoms with E-state index in [0.717, 1.165) is 17.3 Å². The normalized spacial score (nSPS) is 10.4. The molecule has 0 atom stereocenters. The van der Waals surface area contributed by atoms with E-state index in [-0.39, 0.29) is 5.75 Å². The van der Waals surface area contributed by atoms with Gasteiger partial charge < -0.3 is 19.1 Å². The first-order valence-corrected chi connectivity index (χ1v) is 7.01. The lowest BCUT2D eigenvalue weighted by molar-refractivity contribution is -0.133. The molecule has 0 saturated heterocycles. The standard InChI is InChI=1S/C13H15N3O4S/c1-16-12(14-15-13(16)21-7-11(17)18)8-4-9(19-2)6-10(5-8)20-3/h4-6H,7H2,1-3H3,(H,17,18). The van der Waals surface area contributed by atoms with E-state index < -0.39 is 5.97 Å². The Bertz CT molecular complexity index is 635. The number of aliphatic carboxylic acids is 1. The highest BCUT2D eigenvalue weighted by Crippen LogP contribution is 2.30. The van der Waals surface area contributed by atoms with Gasteiger partial charge in [-0.15, -0.1) is 10.2 Å². The zero-order valence-electron chi connectivity index (χ0n) is 11.9. The minimum Gasteiger partial charge on any atom is -0.497 e. The molecule has 1 heterocycles. The molecule has 0 amide bonds. The van der Waals surface area contributed by atoms with E-state index in [1.807, 2.05) is 12.1 Å². The first kappa shape index (κ1) is 15.2. The quantitative estimate of drug-likeness (QED) is 0.812. The minimum atomic E-state index is -0.896. The van der Waals surface area contributed by atoms with Crippen LogP contribution in [0.1, 0.15) is 0 Å². The lowest BCUT2D eigenvalue weighted by Gasteiger charge is -2.08. The van der Waals surface area contributed by atoms with Gasteiger partial charge in [-0.1, -0.05) is 11.8 Å². The molecule has 7 nitrogen and oxygen atoms in total. The molecule has 0 aliphatic heterocycles. The second-order valence-corrected chi connectivity index (χ2v) is 5.09. The number of thioether (sulfide) groups is 1. The van der Waals surface area contributed by atoms with E-state index in [9.17, 15) is 4.79 Å². The molecule has 1 N–H and O–H groups in total. The highest BCUT2D eigenvalue weighted by Gasteiger charge is 2.14. The van der Waals surface area contributed by atoms with Crippen molar-refractivity contribution in [3.8, 4) is 22.9 Å². The summed E-state index contributed by atoms with van der Waals surface area (Å²) in [6.45, 7) is 0. The van der Waals surface area contributed by atoms with Gasteiger partial charge in [0.15, 0.2) is 11.0 Å². The van der Waals surface area contributed by atoms with Crippen molar-refractivity contribution < 1.29 is 19.4 Å². The van der Waals surface area contributed by atoms with Crippen LogP contribution in [0.4, 0.5) is 0 Å². The fourth-order valence-corrected chi connectivity index (χ4v) is 2.39. The van der Waals surface area contributed by atoms with Crippen LogP contribution < -0.4 is 9.47 Å². The van der Waals surface area contributed by atoms with E-state index in [4.69, 9.17) is 14.6 Å². The van der Waals surface area contributed by atoms with Crippen LogP contribution >= 0.6 is 11.8 Å². The Balaban J connectivity index is 2.36. The van der Waals surface area contributed by atoms with Gasteiger partial charge in [0.05, 0.1) is 20.0 Å². The number of hydrogen-bond donors (Lipinski definition) is 1. The van der Waals surface area contributed by atoms with Gasteiger partial charge in [0, 0.05) is 18.7 Å². The van der Waals surface area contributed by atoms with E-state index in [1.54, 1.807) is 31.9 Å². The van der Waals surface area contributed by atoms with Crippen LogP contribution in [0.15, 0.2) is 23.4 Å². The third kappa shape index (κ3) is 3.46. The summed E-state index contributed by atoms with van der Waals surface area (Å²) >= 11 is 1.12. The molecule has 1 aromatic heterocycles. The van der Waals surface area contributed by atoms with Gasteiger partial charge in [-0.25, -0.2) is 0 Å². The number of aromatic nitrogens is 3. The molecule has 0 radical (unpaired) electrons. The third-order valence-electron chi connectivity index (χ3n) is 2.77. The van der Waals surface area contributed by atoms with E-state index in [0.29, 0.717) is 22.5 Å². The molecular formula is C13H15N3O4S. The first-order valence-electron chi connectivity index (χ1n) is 6.02. The van der Waals surface area contributed by atoms with Crippen molar-refractivity contribution in [1.82, 2.24) is 14.8 Å². The smallest absolute Gasteiger partial charge is 0.313 e. The molecule has 112 valence electrons. The Morgan fingerprint density at radius 2 is 1.86 bits per heavy atom. The van der Waals surface area contributed by atoms with Crippen LogP contribution in [0, 0.1) is 0 Å². The number of benzene rings is 1. The number of rotatable bonds is 6. The van der Waals surface area contributed by atoms with Crippen LogP contribution in [0.3, 0.4) is 0 Å². The van der Waals surface area contributed by atoms with Crippen LogP contribution in [0.25, 0.3) is 11.4 Å². The van der Waals surface area contributed by atoms with Crippen molar-refractivity contribution in [2.75, 3.05) is 20.0 Å². The largest absolute Gasteiger partial charge is 0.497 e. The molecule has 2 rings (SSSR count). The summed E-state index contributed by atoms with van der Waals surface area (Å²) in [7, 11) is 4.93. The van der Waals surface area contributed by atoms with Gasteiger partial charge in [0.25, 0.3) is 0 Å². The molecule has 21 heavy (non-hydrogen) atoms. The molecule has 0 fully saturated rings. The number of carboxylic acid groups (broad SMARTS) is 1. The van der Waals surface area contributed by atoms with E-state index in [2.05, 4.69) is 10.2 Å². The number of methoxy groups -OCH3 is 2. The Morgan fingerprint density at radius 3 is 2.38 bits per heavy atom. The zero-order chi connectivity index (χ0) is 15.4. The van der Waals surface area contributed by atoms with Gasteiger partial charge in [0.2, 0.25) is 0 Å². The van der Waals surface area contributed by atoms with Crippen molar-refractivity contribution in [2.45, 2.75) is 5.16 Å². The number of nitrogens with zero attached hydrogens (tertiary/aromatic N) is 3. The number of carboxylic acids is 1. The molecule has 0 spiro atoms. The maximum Gasteiger partial charge on any atom is 0.313 e. The van der Waals surface area contributed by atoms with Crippen LogP contribution in [0.5, 0.6) is 11.5 Å². The summed E-state index contributed by atoms with van der Waals surface area (Å²) in [5, 5.41) is 17.4. The summed E-state index contributed by atoms with van der Waals surface area (Å²) in [5.41, 5.74) is 0.781. The maximum atomic E-state index is 10.6. The van der Waals surface area contributed by atoms with Crippen molar-refractivity contribution >= 4 is 17.7 Å². The second-order valence-electron chi connectivity index (χ2n) is 4.15. The number of hydrogen-bond acceptors (Lipinski definition) is 6. The predicted octanol–water partition coefficient (Wildman–Crippen LogP) is 1.68. The molecule has 0 bridgehead atoms. The van der Waals surface area contributed by atoms with E-state index in [1.165, 1.54) is 0 Å². The Labute approximate surface area is 125 Å². The lowest BCUT2D eigenvalue weighted by Crippen LogP contribution is -2.01. The summed E-state index contributed by atoms with van der Waals surface area (Å²) < 4.78 is 12.2. The molecule has 2 aromatic rings. The summed E-state index contributed by atoms with van der Waals surface area (Å²) in [6.07, 6.45) is 0. The fourth-order valence-electron chi connectivity index (χ4n) is 1.75. The molecule has 0 saturated carbocycles. The number of carbonyl (C=O) groups is 1. The second kappa shape index (κ2) is 6.49. The monoisotopic (exact) mass is 309 g/mol. The van der Waals surface area contributed by atoms with Crippen LogP contribution in [-0.2, 0) is 11.8 Å². The third-order valence-corrected chi connectivity index (χ3v) is 3.77. The average molecular weight is 309 g/mol. The van der Waals surface area contributed by atoms with Crippen LogP contribution in [-0.4, -0.2) is 45.8 Å². The van der Waals surface area contributed by atoms with Crippen LogP contribution in [0.2, 0.25) is 0 Å². The van der Waals surface area contributed by atoms with Gasteiger partial charge in [-0.05, 0) is 12.1 Å². The van der Waals surface area contributed by atoms with Crippen molar-refractivity contribution in [3.05, 3.63) is 18.2 Å². The lowest BCUT2D eigenvalue weighted by atomic mass is 10.2. The number of ether oxygens (including phenoxy) is 2. The Kier molecular flexibility index (Phi) is 4.69. The zero-order valence-corrected chi connectivity index (χ0v) is 12.7. The van der Waals surface area contributed by atoms with Crippen molar-refractivity contribution in [1.29, 1.82) is 0 Å². The molecule has 0 aliphatic carbocycles. The molecule has 0 unspecified atom stereocenters. The van der Waals surface area contributed by atoms with Gasteiger partial charge >= 0.3 is 5.97 Å². The summed E-state index contributed by atoms with van der Waals surface area (Å²) in [6, 6.07) is 5.40. The molecule has 8 heteroatoms. The molecular weight excluding hydrogens is 294 g/mol. The fraction of sp³-hybridized carbons (Fsp3) is 0.308. The molecule has 0 aliphatic rings. The highest BCUT2D eigenvalue weighted by atomic mass is 32.2. The first-order chi connectivity index (χ1) is 10.0.